The lowest BCUT2D eigenvalue weighted by Gasteiger charge is -2.08. The van der Waals surface area contributed by atoms with E-state index < -0.39 is 5.97 Å². The minimum Gasteiger partial charge on any atom is -0.476 e. The molecular formula is C15H12ClN3O3. The van der Waals surface area contributed by atoms with Gasteiger partial charge in [-0.15, -0.1) is 0 Å². The van der Waals surface area contributed by atoms with Gasteiger partial charge < -0.3 is 10.1 Å². The Hall–Kier alpha value is -2.60. The molecular weight excluding hydrogens is 306 g/mol. The fraction of sp³-hybridized carbons (Fsp3) is 0.133. The molecule has 112 valence electrons. The summed E-state index contributed by atoms with van der Waals surface area (Å²) < 4.78 is 1.41. The molecule has 0 amide bonds. The zero-order valence-electron chi connectivity index (χ0n) is 11.8. The number of rotatable bonds is 2. The molecule has 3 rings (SSSR count). The summed E-state index contributed by atoms with van der Waals surface area (Å²) in [5, 5.41) is 14.5. The minimum atomic E-state index is -1.15. The largest absolute Gasteiger partial charge is 0.476 e. The van der Waals surface area contributed by atoms with Crippen molar-refractivity contribution in [3.8, 4) is 5.69 Å². The molecule has 0 aliphatic heterocycles. The molecule has 0 unspecified atom stereocenters. The van der Waals surface area contributed by atoms with Crippen LogP contribution in [0.5, 0.6) is 0 Å². The molecule has 0 aliphatic rings. The van der Waals surface area contributed by atoms with E-state index in [1.807, 2.05) is 0 Å². The number of aromatic carboxylic acids is 1. The van der Waals surface area contributed by atoms with Crippen LogP contribution in [0.25, 0.3) is 16.7 Å². The van der Waals surface area contributed by atoms with Gasteiger partial charge in [-0.3, -0.25) is 4.79 Å². The van der Waals surface area contributed by atoms with Gasteiger partial charge in [0.25, 0.3) is 0 Å². The van der Waals surface area contributed by atoms with Gasteiger partial charge in [0.05, 0.1) is 11.1 Å². The van der Waals surface area contributed by atoms with Gasteiger partial charge in [0, 0.05) is 11.1 Å². The Bertz CT molecular complexity index is 972. The average molecular weight is 318 g/mol. The second-order valence-electron chi connectivity index (χ2n) is 4.99. The zero-order valence-corrected chi connectivity index (χ0v) is 12.6. The summed E-state index contributed by atoms with van der Waals surface area (Å²) in [6, 6.07) is 6.59. The van der Waals surface area contributed by atoms with Gasteiger partial charge in [0.2, 0.25) is 5.56 Å². The summed E-state index contributed by atoms with van der Waals surface area (Å²) in [7, 11) is 0. The first kappa shape index (κ1) is 14.3. The van der Waals surface area contributed by atoms with Gasteiger partial charge in [-0.1, -0.05) is 17.7 Å². The summed E-state index contributed by atoms with van der Waals surface area (Å²) in [6.07, 6.45) is 0. The van der Waals surface area contributed by atoms with Crippen LogP contribution in [0.2, 0.25) is 5.02 Å². The van der Waals surface area contributed by atoms with Gasteiger partial charge in [-0.2, -0.15) is 5.10 Å². The lowest BCUT2D eigenvalue weighted by Crippen LogP contribution is -2.08. The Morgan fingerprint density at radius 1 is 1.36 bits per heavy atom. The molecule has 0 radical (unpaired) electrons. The first-order chi connectivity index (χ1) is 10.4. The summed E-state index contributed by atoms with van der Waals surface area (Å²) in [6.45, 7) is 3.49. The number of aromatic amines is 1. The highest BCUT2D eigenvalue weighted by Gasteiger charge is 2.21. The predicted molar refractivity (Wildman–Crippen MR) is 83.1 cm³/mol. The van der Waals surface area contributed by atoms with Crippen LogP contribution in [0.3, 0.4) is 0 Å². The highest BCUT2D eigenvalue weighted by atomic mass is 35.5. The Balaban J connectivity index is 2.47. The first-order valence-electron chi connectivity index (χ1n) is 6.51. The van der Waals surface area contributed by atoms with E-state index in [1.54, 1.807) is 32.0 Å². The second kappa shape index (κ2) is 4.99. The quantitative estimate of drug-likeness (QED) is 0.760. The van der Waals surface area contributed by atoms with Crippen molar-refractivity contribution in [1.29, 1.82) is 0 Å². The van der Waals surface area contributed by atoms with E-state index in [4.69, 9.17) is 11.6 Å². The Kier molecular flexibility index (Phi) is 3.26. The van der Waals surface area contributed by atoms with Gasteiger partial charge in [0.15, 0.2) is 5.69 Å². The lowest BCUT2D eigenvalue weighted by molar-refractivity contribution is 0.0692. The highest BCUT2D eigenvalue weighted by molar-refractivity contribution is 6.31. The maximum absolute atomic E-state index is 11.7. The third-order valence-corrected chi connectivity index (χ3v) is 3.95. The number of carboxylic acids is 1. The predicted octanol–water partition coefficient (Wildman–Crippen LogP) is 2.68. The number of benzene rings is 1. The monoisotopic (exact) mass is 317 g/mol. The Labute approximate surface area is 130 Å². The van der Waals surface area contributed by atoms with Crippen molar-refractivity contribution in [3.05, 3.63) is 56.5 Å². The summed E-state index contributed by atoms with van der Waals surface area (Å²) in [5.41, 5.74) is 1.83. The van der Waals surface area contributed by atoms with E-state index in [1.165, 1.54) is 10.7 Å². The maximum atomic E-state index is 11.7. The first-order valence-corrected chi connectivity index (χ1v) is 6.89. The molecule has 0 aliphatic carbocycles. The number of pyridine rings is 1. The second-order valence-corrected chi connectivity index (χ2v) is 5.40. The molecule has 0 saturated heterocycles. The zero-order chi connectivity index (χ0) is 16.0. The Morgan fingerprint density at radius 3 is 2.77 bits per heavy atom. The summed E-state index contributed by atoms with van der Waals surface area (Å²) >= 11 is 6.12. The third-order valence-electron chi connectivity index (χ3n) is 3.54. The number of fused-ring (bicyclic) bond motifs is 1. The van der Waals surface area contributed by atoms with Crippen LogP contribution in [0.4, 0.5) is 0 Å². The topological polar surface area (TPSA) is 88.0 Å². The molecule has 0 fully saturated rings. The van der Waals surface area contributed by atoms with Crippen molar-refractivity contribution in [3.63, 3.8) is 0 Å². The number of carbonyl (C=O) groups is 1. The average Bonchev–Trinajstić information content (AvgIpc) is 2.81. The molecule has 0 atom stereocenters. The smallest absolute Gasteiger partial charge is 0.357 e. The molecule has 0 bridgehead atoms. The van der Waals surface area contributed by atoms with Crippen LogP contribution in [-0.4, -0.2) is 25.8 Å². The van der Waals surface area contributed by atoms with E-state index in [-0.39, 0.29) is 11.3 Å². The van der Waals surface area contributed by atoms with Crippen molar-refractivity contribution in [2.24, 2.45) is 0 Å². The van der Waals surface area contributed by atoms with Crippen LogP contribution in [-0.2, 0) is 0 Å². The normalized spacial score (nSPS) is 11.0. The van der Waals surface area contributed by atoms with Gasteiger partial charge in [-0.05, 0) is 37.1 Å². The number of nitrogens with zero attached hydrogens (tertiary/aromatic N) is 2. The van der Waals surface area contributed by atoms with Gasteiger partial charge >= 0.3 is 5.97 Å². The van der Waals surface area contributed by atoms with E-state index in [9.17, 15) is 14.7 Å². The molecule has 3 aromatic rings. The maximum Gasteiger partial charge on any atom is 0.357 e. The summed E-state index contributed by atoms with van der Waals surface area (Å²) in [4.78, 5) is 25.9. The van der Waals surface area contributed by atoms with Crippen molar-refractivity contribution >= 4 is 28.6 Å². The minimum absolute atomic E-state index is 0.108. The number of nitrogens with one attached hydrogen (secondary N) is 1. The van der Waals surface area contributed by atoms with Crippen molar-refractivity contribution in [2.45, 2.75) is 13.8 Å². The molecule has 7 heteroatoms. The summed E-state index contributed by atoms with van der Waals surface area (Å²) in [5.74, 6) is -1.15. The molecule has 1 aromatic carbocycles. The van der Waals surface area contributed by atoms with E-state index in [0.29, 0.717) is 27.3 Å². The van der Waals surface area contributed by atoms with E-state index in [2.05, 4.69) is 10.1 Å². The highest BCUT2D eigenvalue weighted by Crippen LogP contribution is 2.27. The molecule has 0 spiro atoms. The number of hydrogen-bond acceptors (Lipinski definition) is 3. The lowest BCUT2D eigenvalue weighted by atomic mass is 10.1. The standard InChI is InChI=1S/C15H12ClN3O3/c1-7-6-11(20)17-14-12(7)13(15(21)22)18-19(14)10-5-3-4-9(16)8(10)2/h3-6H,1-2H3,(H,17,20)(H,21,22). The van der Waals surface area contributed by atoms with Crippen molar-refractivity contribution in [1.82, 2.24) is 14.8 Å². The molecule has 0 saturated carbocycles. The van der Waals surface area contributed by atoms with Crippen LogP contribution in [0, 0.1) is 13.8 Å². The number of aromatic nitrogens is 3. The number of halogens is 1. The van der Waals surface area contributed by atoms with Crippen LogP contribution in [0.1, 0.15) is 21.6 Å². The van der Waals surface area contributed by atoms with E-state index >= 15 is 0 Å². The number of H-pyrrole nitrogens is 1. The Morgan fingerprint density at radius 2 is 2.09 bits per heavy atom. The van der Waals surface area contributed by atoms with Gasteiger partial charge in [-0.25, -0.2) is 9.48 Å². The van der Waals surface area contributed by atoms with Crippen molar-refractivity contribution < 1.29 is 9.90 Å². The molecule has 2 heterocycles. The third kappa shape index (κ3) is 2.08. The molecule has 22 heavy (non-hydrogen) atoms. The molecule has 6 nitrogen and oxygen atoms in total. The SMILES string of the molecule is Cc1c(Cl)cccc1-n1nc(C(=O)O)c2c(C)cc(=O)[nH]c21. The van der Waals surface area contributed by atoms with Crippen LogP contribution >= 0.6 is 11.6 Å². The fourth-order valence-corrected chi connectivity index (χ4v) is 2.65. The van der Waals surface area contributed by atoms with E-state index in [0.717, 1.165) is 5.56 Å². The van der Waals surface area contributed by atoms with Gasteiger partial charge in [0.1, 0.15) is 5.65 Å². The fourth-order valence-electron chi connectivity index (χ4n) is 2.48. The number of carboxylic acid groups (broad SMARTS) is 1. The molecule has 2 aromatic heterocycles. The van der Waals surface area contributed by atoms with Crippen LogP contribution in [0.15, 0.2) is 29.1 Å². The number of hydrogen-bond donors (Lipinski definition) is 2. The van der Waals surface area contributed by atoms with Crippen LogP contribution < -0.4 is 5.56 Å². The van der Waals surface area contributed by atoms with Crippen molar-refractivity contribution in [2.75, 3.05) is 0 Å². The molecule has 2 N–H and O–H groups in total. The number of aryl methyl sites for hydroxylation is 1.